The number of ether oxygens (including phenoxy) is 5. The largest absolute Gasteiger partial charge is 0.573 e. The van der Waals surface area contributed by atoms with E-state index in [1.807, 2.05) is 22.6 Å². The molecular formula is C36H26Br2F9IN4O5. The molecule has 0 unspecified atom stereocenters. The quantitative estimate of drug-likeness (QED) is 0.0823. The minimum Gasteiger partial charge on any atom is -0.497 e. The molecule has 0 heterocycles. The predicted octanol–water partition coefficient (Wildman–Crippen LogP) is 11.9. The Bertz CT molecular complexity index is 2180. The van der Waals surface area contributed by atoms with E-state index < -0.39 is 24.8 Å². The zero-order valence-corrected chi connectivity index (χ0v) is 34.2. The fourth-order valence-corrected chi connectivity index (χ4v) is 6.32. The van der Waals surface area contributed by atoms with Crippen LogP contribution in [-0.2, 0) is 0 Å². The maximum atomic E-state index is 12.4. The van der Waals surface area contributed by atoms with Crippen molar-refractivity contribution in [1.82, 2.24) is 0 Å². The second-order valence-corrected chi connectivity index (χ2v) is 13.7. The molecule has 6 N–H and O–H groups in total. The van der Waals surface area contributed by atoms with Crippen molar-refractivity contribution in [3.63, 3.8) is 0 Å². The molecule has 0 aliphatic rings. The van der Waals surface area contributed by atoms with E-state index in [9.17, 15) is 39.5 Å². The number of nitrogens with two attached hydrogens (primary N) is 3. The van der Waals surface area contributed by atoms with Crippen LogP contribution < -0.4 is 40.9 Å². The van der Waals surface area contributed by atoms with Crippen LogP contribution in [0.3, 0.4) is 0 Å². The lowest BCUT2D eigenvalue weighted by Gasteiger charge is -2.14. The molecule has 0 fully saturated rings. The third-order valence-electron chi connectivity index (χ3n) is 6.93. The van der Waals surface area contributed by atoms with Gasteiger partial charge in [0.15, 0.2) is 0 Å². The van der Waals surface area contributed by atoms with Crippen molar-refractivity contribution in [3.8, 4) is 57.1 Å². The van der Waals surface area contributed by atoms with Gasteiger partial charge in [-0.25, -0.2) is 0 Å². The van der Waals surface area contributed by atoms with Gasteiger partial charge in [-0.2, -0.15) is 5.26 Å². The van der Waals surface area contributed by atoms with Crippen LogP contribution in [0.15, 0.2) is 93.9 Å². The van der Waals surface area contributed by atoms with Crippen molar-refractivity contribution in [2.24, 2.45) is 0 Å². The molecule has 0 spiro atoms. The number of methoxy groups -OCH3 is 2. The van der Waals surface area contributed by atoms with Gasteiger partial charge in [0.05, 0.1) is 36.8 Å². The van der Waals surface area contributed by atoms with Gasteiger partial charge in [0, 0.05) is 29.7 Å². The second-order valence-electron chi connectivity index (χ2n) is 10.8. The minimum atomic E-state index is -4.85. The van der Waals surface area contributed by atoms with Gasteiger partial charge in [-0.3, -0.25) is 0 Å². The Morgan fingerprint density at radius 1 is 0.526 bits per heavy atom. The molecule has 0 amide bonds. The molecule has 0 atom stereocenters. The highest BCUT2D eigenvalue weighted by Crippen LogP contribution is 2.39. The fourth-order valence-electron chi connectivity index (χ4n) is 4.47. The standard InChI is InChI=1S/C15H11F3N2O2.C14H11BrF3NO2.C7H4BrF3INO/c1-21-11-4-2-9(3-5-11)13-7-12(22-15(16,17)18)6-10(8-19)14(13)20;1-20-9-4-2-8(3-5-9)11-6-10(21-14(16,17)18)7-12(15)13(11)19;8-4-1-3(14-7(9,10)11)2-5(12)6(4)13/h2-7H,20H2,1H3;2-7H,19H2,1H3;1-2H,13H2. The van der Waals surface area contributed by atoms with Crippen molar-refractivity contribution < 1.29 is 63.2 Å². The first kappa shape index (κ1) is 46.4. The molecule has 0 saturated carbocycles. The third kappa shape index (κ3) is 14.5. The zero-order valence-electron chi connectivity index (χ0n) is 28.8. The third-order valence-corrected chi connectivity index (χ3v) is 9.14. The van der Waals surface area contributed by atoms with Crippen LogP contribution in [0.25, 0.3) is 22.3 Å². The molecule has 0 saturated heterocycles. The molecule has 5 rings (SSSR count). The number of alkyl halides is 9. The van der Waals surface area contributed by atoms with Crippen LogP contribution >= 0.6 is 54.5 Å². The Kier molecular flexibility index (Phi) is 15.9. The summed E-state index contributed by atoms with van der Waals surface area (Å²) in [6.07, 6.45) is -14.3. The molecule has 0 bridgehead atoms. The Labute approximate surface area is 348 Å². The van der Waals surface area contributed by atoms with Gasteiger partial charge < -0.3 is 40.9 Å². The van der Waals surface area contributed by atoms with E-state index in [2.05, 4.69) is 46.1 Å². The van der Waals surface area contributed by atoms with Crippen molar-refractivity contribution in [2.75, 3.05) is 31.4 Å². The van der Waals surface area contributed by atoms with Crippen LogP contribution in [0.4, 0.5) is 56.6 Å². The normalized spacial score (nSPS) is 11.2. The van der Waals surface area contributed by atoms with E-state index in [-0.39, 0.29) is 28.3 Å². The maximum Gasteiger partial charge on any atom is 0.573 e. The molecule has 5 aromatic carbocycles. The topological polar surface area (TPSA) is 148 Å². The maximum absolute atomic E-state index is 12.4. The monoisotopic (exact) mass is 1050 g/mol. The van der Waals surface area contributed by atoms with Gasteiger partial charge in [-0.1, -0.05) is 24.3 Å². The van der Waals surface area contributed by atoms with Crippen LogP contribution in [0, 0.1) is 14.9 Å². The first-order valence-corrected chi connectivity index (χ1v) is 17.8. The number of hydrogen-bond acceptors (Lipinski definition) is 9. The van der Waals surface area contributed by atoms with E-state index in [4.69, 9.17) is 31.9 Å². The first-order valence-electron chi connectivity index (χ1n) is 15.2. The summed E-state index contributed by atoms with van der Waals surface area (Å²) in [7, 11) is 3.02. The van der Waals surface area contributed by atoms with Crippen LogP contribution in [-0.4, -0.2) is 33.3 Å². The Hall–Kier alpha value is -4.95. The summed E-state index contributed by atoms with van der Waals surface area (Å²) >= 11 is 7.98. The number of rotatable bonds is 7. The predicted molar refractivity (Wildman–Crippen MR) is 209 cm³/mol. The summed E-state index contributed by atoms with van der Waals surface area (Å²) in [6, 6.07) is 22.0. The summed E-state index contributed by atoms with van der Waals surface area (Å²) in [5.74, 6) is 0.103. The van der Waals surface area contributed by atoms with Gasteiger partial charge in [0.2, 0.25) is 0 Å². The van der Waals surface area contributed by atoms with Crippen molar-refractivity contribution in [2.45, 2.75) is 19.1 Å². The van der Waals surface area contributed by atoms with Crippen LogP contribution in [0.2, 0.25) is 0 Å². The summed E-state index contributed by atoms with van der Waals surface area (Å²) in [5.41, 5.74) is 19.9. The van der Waals surface area contributed by atoms with Crippen LogP contribution in [0.1, 0.15) is 5.56 Å². The number of benzene rings is 5. The number of nitriles is 1. The molecular weight excluding hydrogens is 1030 g/mol. The highest BCUT2D eigenvalue weighted by molar-refractivity contribution is 14.1. The summed E-state index contributed by atoms with van der Waals surface area (Å²) in [4.78, 5) is 0. The highest BCUT2D eigenvalue weighted by atomic mass is 127. The molecule has 5 aromatic rings. The molecule has 21 heteroatoms. The number of anilines is 3. The van der Waals surface area contributed by atoms with Gasteiger partial charge in [0.1, 0.15) is 34.8 Å². The summed E-state index contributed by atoms with van der Waals surface area (Å²) in [6.45, 7) is 0. The van der Waals surface area contributed by atoms with Gasteiger partial charge in [0.25, 0.3) is 0 Å². The van der Waals surface area contributed by atoms with E-state index in [1.165, 1.54) is 38.5 Å². The van der Waals surface area contributed by atoms with E-state index >= 15 is 0 Å². The molecule has 0 aliphatic carbocycles. The number of hydrogen-bond donors (Lipinski definition) is 3. The molecule has 9 nitrogen and oxygen atoms in total. The molecule has 0 radical (unpaired) electrons. The smallest absolute Gasteiger partial charge is 0.497 e. The summed E-state index contributed by atoms with van der Waals surface area (Å²) in [5, 5.41) is 9.01. The zero-order chi connectivity index (χ0) is 42.9. The van der Waals surface area contributed by atoms with Crippen molar-refractivity contribution >= 4 is 71.5 Å². The average Bonchev–Trinajstić information content (AvgIpc) is 3.11. The SMILES string of the molecule is COc1ccc(-c2cc(OC(F)(F)F)cc(Br)c2N)cc1.COc1ccc(-c2cc(OC(F)(F)F)cc(C#N)c2N)cc1.Nc1c(Br)cc(OC(F)(F)F)cc1I. The van der Waals surface area contributed by atoms with E-state index in [0.29, 0.717) is 52.1 Å². The van der Waals surface area contributed by atoms with Gasteiger partial charge in [-0.05, 0) is 120 Å². The Morgan fingerprint density at radius 3 is 1.23 bits per heavy atom. The van der Waals surface area contributed by atoms with Gasteiger partial charge >= 0.3 is 19.1 Å². The summed E-state index contributed by atoms with van der Waals surface area (Å²) < 4.78 is 132. The first-order chi connectivity index (χ1) is 26.4. The number of halogens is 12. The van der Waals surface area contributed by atoms with Gasteiger partial charge in [-0.15, -0.1) is 39.5 Å². The highest BCUT2D eigenvalue weighted by Gasteiger charge is 2.33. The van der Waals surface area contributed by atoms with E-state index in [0.717, 1.165) is 12.1 Å². The lowest BCUT2D eigenvalue weighted by atomic mass is 10.00. The van der Waals surface area contributed by atoms with Crippen LogP contribution in [0.5, 0.6) is 28.7 Å². The number of nitrogens with zero attached hydrogens (tertiary/aromatic N) is 1. The number of nitrogen functional groups attached to an aromatic ring is 3. The molecule has 0 aromatic heterocycles. The molecule has 0 aliphatic heterocycles. The molecule has 304 valence electrons. The Balaban J connectivity index is 0.000000235. The van der Waals surface area contributed by atoms with Crippen molar-refractivity contribution in [1.29, 1.82) is 5.26 Å². The lowest BCUT2D eigenvalue weighted by Crippen LogP contribution is -2.17. The Morgan fingerprint density at radius 2 is 0.877 bits per heavy atom. The molecule has 57 heavy (non-hydrogen) atoms. The second kappa shape index (κ2) is 19.5. The minimum absolute atomic E-state index is 0.0854. The fraction of sp³-hybridized carbons (Fsp3) is 0.139. The van der Waals surface area contributed by atoms with Crippen molar-refractivity contribution in [3.05, 3.63) is 103 Å². The van der Waals surface area contributed by atoms with E-state index in [1.54, 1.807) is 54.6 Å². The average molecular weight is 1050 g/mol. The lowest BCUT2D eigenvalue weighted by molar-refractivity contribution is -0.275.